The number of pyridine rings is 1. The van der Waals surface area contributed by atoms with E-state index in [1.807, 2.05) is 55.2 Å². The third kappa shape index (κ3) is 6.84. The van der Waals surface area contributed by atoms with Crippen molar-refractivity contribution in [1.29, 1.82) is 0 Å². The van der Waals surface area contributed by atoms with Crippen molar-refractivity contribution in [2.45, 2.75) is 37.5 Å². The second-order valence-corrected chi connectivity index (χ2v) is 10.5. The minimum atomic E-state index is 0.657. The Morgan fingerprint density at radius 2 is 2.00 bits per heavy atom. The van der Waals surface area contributed by atoms with Crippen molar-refractivity contribution >= 4 is 34.0 Å². The largest absolute Gasteiger partial charge is 0.453 e. The van der Waals surface area contributed by atoms with Crippen molar-refractivity contribution in [3.8, 4) is 11.5 Å². The number of hydrogen-bond acceptors (Lipinski definition) is 9. The molecule has 0 aliphatic carbocycles. The first-order valence-corrected chi connectivity index (χ1v) is 13.8. The Bertz CT molecular complexity index is 1220. The molecule has 0 spiro atoms. The summed E-state index contributed by atoms with van der Waals surface area (Å²) in [6.45, 7) is 4.13. The lowest BCUT2D eigenvalue weighted by Crippen LogP contribution is -2.28. The second kappa shape index (κ2) is 11.7. The number of rotatable bonds is 10. The van der Waals surface area contributed by atoms with Crippen molar-refractivity contribution in [2.75, 3.05) is 24.2 Å². The Morgan fingerprint density at radius 3 is 2.80 bits per heavy atom. The van der Waals surface area contributed by atoms with E-state index in [9.17, 15) is 0 Å². The summed E-state index contributed by atoms with van der Waals surface area (Å²) in [4.78, 5) is 14.8. The van der Waals surface area contributed by atoms with Crippen LogP contribution in [0, 0.1) is 12.8 Å². The Balaban J connectivity index is 1.28. The van der Waals surface area contributed by atoms with Gasteiger partial charge in [0.2, 0.25) is 0 Å². The fourth-order valence-electron chi connectivity index (χ4n) is 3.89. The molecule has 3 aromatic heterocycles. The lowest BCUT2D eigenvalue weighted by Gasteiger charge is -2.22. The van der Waals surface area contributed by atoms with Crippen LogP contribution in [0.3, 0.4) is 0 Å². The predicted octanol–water partition coefficient (Wildman–Crippen LogP) is 6.25. The maximum absolute atomic E-state index is 6.24. The van der Waals surface area contributed by atoms with Gasteiger partial charge in [-0.15, -0.1) is 23.1 Å². The zero-order valence-corrected chi connectivity index (χ0v) is 21.3. The van der Waals surface area contributed by atoms with Crippen LogP contribution in [0.2, 0.25) is 0 Å². The third-order valence-corrected chi connectivity index (χ3v) is 7.79. The molecule has 1 aliphatic rings. The van der Waals surface area contributed by atoms with Gasteiger partial charge in [0.25, 0.3) is 0 Å². The van der Waals surface area contributed by atoms with Gasteiger partial charge in [0.05, 0.1) is 11.9 Å². The molecule has 35 heavy (non-hydrogen) atoms. The van der Waals surface area contributed by atoms with E-state index in [2.05, 4.69) is 27.1 Å². The third-order valence-electron chi connectivity index (χ3n) is 5.78. The monoisotopic (exact) mass is 507 g/mol. The molecule has 0 unspecified atom stereocenters. The molecule has 9 heteroatoms. The highest BCUT2D eigenvalue weighted by Crippen LogP contribution is 2.35. The molecule has 0 saturated carbocycles. The van der Waals surface area contributed by atoms with Crippen molar-refractivity contribution in [1.82, 2.24) is 20.3 Å². The molecule has 5 rings (SSSR count). The molecule has 182 valence electrons. The number of thiazole rings is 1. The number of anilines is 2. The Hall–Kier alpha value is -2.88. The summed E-state index contributed by atoms with van der Waals surface area (Å²) in [5.74, 6) is 5.53. The highest BCUT2D eigenvalue weighted by atomic mass is 32.2. The quantitative estimate of drug-likeness (QED) is 0.244. The number of benzene rings is 1. The second-order valence-electron chi connectivity index (χ2n) is 8.57. The number of nitrogens with zero attached hydrogens (tertiary/aromatic N) is 3. The number of piperidine rings is 1. The van der Waals surface area contributed by atoms with Crippen LogP contribution in [0.4, 0.5) is 10.9 Å². The van der Waals surface area contributed by atoms with E-state index in [-0.39, 0.29) is 0 Å². The molecule has 0 bridgehead atoms. The average Bonchev–Trinajstić information content (AvgIpc) is 3.52. The first-order valence-electron chi connectivity index (χ1n) is 11.9. The summed E-state index contributed by atoms with van der Waals surface area (Å²) < 4.78 is 11.8. The number of aryl methyl sites for hydroxylation is 3. The summed E-state index contributed by atoms with van der Waals surface area (Å²) in [6.07, 6.45) is 7.62. The van der Waals surface area contributed by atoms with E-state index in [0.717, 1.165) is 70.7 Å². The van der Waals surface area contributed by atoms with Gasteiger partial charge in [-0.05, 0) is 63.4 Å². The maximum Gasteiger partial charge on any atom is 0.194 e. The lowest BCUT2D eigenvalue weighted by molar-refractivity contribution is 0.408. The van der Waals surface area contributed by atoms with E-state index >= 15 is 0 Å². The summed E-state index contributed by atoms with van der Waals surface area (Å²) in [5, 5.41) is 9.64. The van der Waals surface area contributed by atoms with Crippen LogP contribution in [0.1, 0.15) is 30.2 Å². The molecule has 7 nitrogen and oxygen atoms in total. The molecule has 0 atom stereocenters. The van der Waals surface area contributed by atoms with E-state index < -0.39 is 0 Å². The van der Waals surface area contributed by atoms with Crippen LogP contribution >= 0.6 is 23.1 Å². The normalized spacial score (nSPS) is 14.2. The number of aromatic nitrogens is 3. The van der Waals surface area contributed by atoms with E-state index in [0.29, 0.717) is 11.6 Å². The molecule has 1 aliphatic heterocycles. The number of nitrogens with one attached hydrogen (secondary N) is 2. The van der Waals surface area contributed by atoms with Crippen molar-refractivity contribution in [3.63, 3.8) is 0 Å². The highest BCUT2D eigenvalue weighted by molar-refractivity contribution is 7.99. The SMILES string of the molecule is Cc1cnc(CCc2csc(Nc3ncc(SCC4CCNCC4)cc3Oc3ccccc3)n2)o1. The first kappa shape index (κ1) is 23.8. The smallest absolute Gasteiger partial charge is 0.194 e. The molecule has 1 saturated heterocycles. The summed E-state index contributed by atoms with van der Waals surface area (Å²) >= 11 is 3.40. The number of thioether (sulfide) groups is 1. The first-order chi connectivity index (χ1) is 17.2. The van der Waals surface area contributed by atoms with E-state index in [1.165, 1.54) is 12.8 Å². The molecular formula is C26H29N5O2S2. The molecule has 4 heterocycles. The molecule has 2 N–H and O–H groups in total. The van der Waals surface area contributed by atoms with E-state index in [1.54, 1.807) is 17.5 Å². The van der Waals surface area contributed by atoms with Gasteiger partial charge < -0.3 is 19.8 Å². The van der Waals surface area contributed by atoms with Crippen LogP contribution in [0.15, 0.2) is 63.5 Å². The van der Waals surface area contributed by atoms with Gasteiger partial charge in [-0.3, -0.25) is 0 Å². The Kier molecular flexibility index (Phi) is 7.97. The highest BCUT2D eigenvalue weighted by Gasteiger charge is 2.16. The van der Waals surface area contributed by atoms with Gasteiger partial charge in [0.15, 0.2) is 22.6 Å². The summed E-state index contributed by atoms with van der Waals surface area (Å²) in [5.41, 5.74) is 0.994. The average molecular weight is 508 g/mol. The molecular weight excluding hydrogens is 478 g/mol. The fourth-order valence-corrected chi connectivity index (χ4v) is 5.71. The molecule has 0 amide bonds. The number of oxazole rings is 1. The topological polar surface area (TPSA) is 85.1 Å². The number of hydrogen-bond donors (Lipinski definition) is 2. The lowest BCUT2D eigenvalue weighted by atomic mass is 10.0. The van der Waals surface area contributed by atoms with Gasteiger partial charge in [-0.25, -0.2) is 15.0 Å². The number of ether oxygens (including phenoxy) is 1. The van der Waals surface area contributed by atoms with Gasteiger partial charge in [-0.2, -0.15) is 0 Å². The van der Waals surface area contributed by atoms with Crippen LogP contribution in [0.5, 0.6) is 11.5 Å². The summed E-state index contributed by atoms with van der Waals surface area (Å²) in [7, 11) is 0. The Morgan fingerprint density at radius 1 is 1.14 bits per heavy atom. The summed E-state index contributed by atoms with van der Waals surface area (Å²) in [6, 6.07) is 11.9. The van der Waals surface area contributed by atoms with Crippen molar-refractivity contribution in [3.05, 3.63) is 71.5 Å². The van der Waals surface area contributed by atoms with E-state index in [4.69, 9.17) is 19.1 Å². The van der Waals surface area contributed by atoms with Crippen molar-refractivity contribution < 1.29 is 9.15 Å². The van der Waals surface area contributed by atoms with Crippen LogP contribution < -0.4 is 15.4 Å². The van der Waals surface area contributed by atoms with Crippen molar-refractivity contribution in [2.24, 2.45) is 5.92 Å². The Labute approximate surface area is 213 Å². The maximum atomic E-state index is 6.24. The zero-order valence-electron chi connectivity index (χ0n) is 19.7. The van der Waals surface area contributed by atoms with Crippen LogP contribution in [-0.4, -0.2) is 33.8 Å². The van der Waals surface area contributed by atoms with Crippen LogP contribution in [0.25, 0.3) is 0 Å². The standard InChI is InChI=1S/C26H29N5O2S2/c1-18-14-28-24(32-18)8-7-20-17-35-26(30-20)31-25-23(33-21-5-3-2-4-6-21)13-22(15-29-25)34-16-19-9-11-27-12-10-19/h2-6,13-15,17,19,27H,7-12,16H2,1H3,(H,29,30,31). The predicted molar refractivity (Wildman–Crippen MR) is 141 cm³/mol. The van der Waals surface area contributed by atoms with Crippen LogP contribution in [-0.2, 0) is 12.8 Å². The van der Waals surface area contributed by atoms with Gasteiger partial charge in [0, 0.05) is 28.6 Å². The molecule has 0 radical (unpaired) electrons. The molecule has 4 aromatic rings. The van der Waals surface area contributed by atoms with Gasteiger partial charge >= 0.3 is 0 Å². The van der Waals surface area contributed by atoms with Gasteiger partial charge in [0.1, 0.15) is 11.5 Å². The zero-order chi connectivity index (χ0) is 23.9. The van der Waals surface area contributed by atoms with Gasteiger partial charge in [-0.1, -0.05) is 18.2 Å². The molecule has 1 fully saturated rings. The fraction of sp³-hybridized carbons (Fsp3) is 0.346. The minimum absolute atomic E-state index is 0.657. The number of para-hydroxylation sites is 1. The minimum Gasteiger partial charge on any atom is -0.453 e. The molecule has 1 aromatic carbocycles.